The van der Waals surface area contributed by atoms with E-state index in [1.54, 1.807) is 16.5 Å². The number of esters is 1. The number of hydrogen-bond acceptors (Lipinski definition) is 8. The summed E-state index contributed by atoms with van der Waals surface area (Å²) in [6, 6.07) is 7.57. The van der Waals surface area contributed by atoms with Crippen LogP contribution in [-0.2, 0) is 14.3 Å². The predicted molar refractivity (Wildman–Crippen MR) is 121 cm³/mol. The third-order valence-electron chi connectivity index (χ3n) is 7.80. The van der Waals surface area contributed by atoms with E-state index in [0.717, 1.165) is 49.3 Å². The van der Waals surface area contributed by atoms with Gasteiger partial charge in [-0.3, -0.25) is 4.79 Å². The molecular formula is C24H30N6O4. The van der Waals surface area contributed by atoms with E-state index < -0.39 is 11.5 Å². The number of piperidine rings is 1. The van der Waals surface area contributed by atoms with Crippen molar-refractivity contribution in [3.63, 3.8) is 0 Å². The molecule has 1 aromatic carbocycles. The summed E-state index contributed by atoms with van der Waals surface area (Å²) in [5.74, 6) is 0.0718. The number of aliphatic hydroxyl groups is 1. The predicted octanol–water partition coefficient (Wildman–Crippen LogP) is 1.48. The number of β-amino-alcohol motifs (C(OH)–C–C–N with tert-alkyl or cyclic N) is 1. The van der Waals surface area contributed by atoms with Gasteiger partial charge in [0.25, 0.3) is 0 Å². The summed E-state index contributed by atoms with van der Waals surface area (Å²) in [6.07, 6.45) is 3.55. The van der Waals surface area contributed by atoms with Crippen molar-refractivity contribution in [3.8, 4) is 5.69 Å². The molecule has 2 atom stereocenters. The van der Waals surface area contributed by atoms with Crippen molar-refractivity contribution >= 4 is 11.9 Å². The largest absolute Gasteiger partial charge is 0.456 e. The van der Waals surface area contributed by atoms with E-state index in [0.29, 0.717) is 18.7 Å². The van der Waals surface area contributed by atoms with Crippen LogP contribution < -0.4 is 0 Å². The first-order valence-electron chi connectivity index (χ1n) is 11.8. The summed E-state index contributed by atoms with van der Waals surface area (Å²) >= 11 is 0. The zero-order chi connectivity index (χ0) is 23.9. The van der Waals surface area contributed by atoms with Crippen LogP contribution in [0.3, 0.4) is 0 Å². The van der Waals surface area contributed by atoms with Crippen molar-refractivity contribution in [2.24, 2.45) is 11.3 Å². The van der Waals surface area contributed by atoms with E-state index >= 15 is 0 Å². The Morgan fingerprint density at radius 1 is 1.18 bits per heavy atom. The quantitative estimate of drug-likeness (QED) is 0.637. The summed E-state index contributed by atoms with van der Waals surface area (Å²) in [5, 5.41) is 21.9. The maximum atomic E-state index is 13.4. The number of cyclic esters (lactones) is 1. The molecule has 3 aliphatic heterocycles. The Morgan fingerprint density at radius 2 is 1.91 bits per heavy atom. The molecule has 2 saturated heterocycles. The molecule has 0 saturated carbocycles. The maximum Gasteiger partial charge on any atom is 0.336 e. The zero-order valence-electron chi connectivity index (χ0n) is 19.6. The molecule has 0 radical (unpaired) electrons. The van der Waals surface area contributed by atoms with Gasteiger partial charge in [-0.2, -0.15) is 0 Å². The monoisotopic (exact) mass is 466 g/mol. The van der Waals surface area contributed by atoms with Gasteiger partial charge in [0.05, 0.1) is 28.5 Å². The lowest BCUT2D eigenvalue weighted by Crippen LogP contribution is -2.44. The second kappa shape index (κ2) is 8.92. The molecule has 5 rings (SSSR count). The third kappa shape index (κ3) is 4.01. The zero-order valence-corrected chi connectivity index (χ0v) is 19.6. The number of ether oxygens (including phenoxy) is 1. The number of carbonyl (C=O) groups excluding carboxylic acids is 2. The Bertz CT molecular complexity index is 1090. The van der Waals surface area contributed by atoms with Gasteiger partial charge < -0.3 is 19.6 Å². The first-order chi connectivity index (χ1) is 16.4. The molecule has 10 nitrogen and oxygen atoms in total. The molecule has 3 aliphatic rings. The lowest BCUT2D eigenvalue weighted by Gasteiger charge is -2.40. The van der Waals surface area contributed by atoms with Crippen molar-refractivity contribution in [2.75, 3.05) is 32.8 Å². The average molecular weight is 467 g/mol. The highest BCUT2D eigenvalue weighted by Gasteiger charge is 2.50. The van der Waals surface area contributed by atoms with Gasteiger partial charge >= 0.3 is 5.97 Å². The minimum atomic E-state index is -0.589. The lowest BCUT2D eigenvalue weighted by atomic mass is 9.71. The Hall–Kier alpha value is -3.11. The van der Waals surface area contributed by atoms with Crippen LogP contribution in [0.2, 0.25) is 0 Å². The number of benzene rings is 1. The Balaban J connectivity index is 1.16. The molecule has 0 bridgehead atoms. The van der Waals surface area contributed by atoms with E-state index in [2.05, 4.69) is 27.3 Å². The minimum absolute atomic E-state index is 0.112. The highest BCUT2D eigenvalue weighted by atomic mass is 16.5. The van der Waals surface area contributed by atoms with Gasteiger partial charge in [0.1, 0.15) is 12.9 Å². The molecule has 2 fully saturated rings. The van der Waals surface area contributed by atoms with Gasteiger partial charge in [-0.25, -0.2) is 9.48 Å². The van der Waals surface area contributed by atoms with Crippen LogP contribution in [0.5, 0.6) is 0 Å². The summed E-state index contributed by atoms with van der Waals surface area (Å²) in [6.45, 7) is 6.88. The average Bonchev–Trinajstić information content (AvgIpc) is 3.57. The van der Waals surface area contributed by atoms with Crippen LogP contribution in [0.15, 0.2) is 41.9 Å². The molecule has 10 heteroatoms. The van der Waals surface area contributed by atoms with Crippen LogP contribution in [0.25, 0.3) is 5.69 Å². The number of rotatable bonds is 6. The molecule has 34 heavy (non-hydrogen) atoms. The molecule has 1 N–H and O–H groups in total. The molecule has 0 spiro atoms. The molecule has 0 aliphatic carbocycles. The highest BCUT2D eigenvalue weighted by Crippen LogP contribution is 2.45. The van der Waals surface area contributed by atoms with E-state index in [4.69, 9.17) is 4.74 Å². The summed E-state index contributed by atoms with van der Waals surface area (Å²) in [7, 11) is 0. The normalized spacial score (nSPS) is 25.3. The van der Waals surface area contributed by atoms with Crippen molar-refractivity contribution in [1.29, 1.82) is 0 Å². The summed E-state index contributed by atoms with van der Waals surface area (Å²) in [4.78, 5) is 29.2. The Morgan fingerprint density at radius 3 is 2.53 bits per heavy atom. The molecule has 1 amide bonds. The first kappa shape index (κ1) is 22.7. The van der Waals surface area contributed by atoms with E-state index in [9.17, 15) is 14.7 Å². The molecule has 180 valence electrons. The Labute approximate surface area is 198 Å². The number of carbonyl (C=O) groups is 2. The van der Waals surface area contributed by atoms with E-state index in [-0.39, 0.29) is 24.4 Å². The van der Waals surface area contributed by atoms with Crippen molar-refractivity contribution in [2.45, 2.75) is 39.2 Å². The number of aromatic nitrogens is 4. The fraction of sp³-hybridized carbons (Fsp3) is 0.542. The second-order valence-corrected chi connectivity index (χ2v) is 9.71. The van der Waals surface area contributed by atoms with Crippen LogP contribution in [-0.4, -0.2) is 79.8 Å². The lowest BCUT2D eigenvalue weighted by molar-refractivity contribution is -0.139. The molecule has 1 aromatic heterocycles. The van der Waals surface area contributed by atoms with Crippen LogP contribution in [0.1, 0.15) is 44.8 Å². The van der Waals surface area contributed by atoms with Crippen LogP contribution in [0, 0.1) is 11.3 Å². The van der Waals surface area contributed by atoms with Gasteiger partial charge in [-0.15, -0.1) is 5.10 Å². The van der Waals surface area contributed by atoms with E-state index in [1.807, 2.05) is 24.3 Å². The molecule has 1 unspecified atom stereocenters. The smallest absolute Gasteiger partial charge is 0.336 e. The third-order valence-corrected chi connectivity index (χ3v) is 7.80. The maximum absolute atomic E-state index is 13.4. The van der Waals surface area contributed by atoms with Gasteiger partial charge in [0, 0.05) is 13.1 Å². The van der Waals surface area contributed by atoms with Gasteiger partial charge in [-0.05, 0) is 73.3 Å². The van der Waals surface area contributed by atoms with Gasteiger partial charge in [0.15, 0.2) is 0 Å². The molecular weight excluding hydrogens is 436 g/mol. The summed E-state index contributed by atoms with van der Waals surface area (Å²) in [5.41, 5.74) is 2.54. The standard InChI is InChI=1S/C24H30N6O4/c1-16-20(14-34-22(16)32)29-12-9-24(2,23(29)33)18-7-10-28(11-8-18)13-21(31)17-3-5-19(6-4-17)30-15-25-26-27-30/h3-6,15,18,21,31H,7-14H2,1-2H3/t21-,24?/m0/s1. The van der Waals surface area contributed by atoms with Crippen molar-refractivity contribution < 1.29 is 19.4 Å². The Kier molecular flexibility index (Phi) is 5.95. The first-order valence-corrected chi connectivity index (χ1v) is 11.8. The van der Waals surface area contributed by atoms with Crippen molar-refractivity contribution in [3.05, 3.63) is 47.4 Å². The number of aliphatic hydroxyl groups excluding tert-OH is 1. The number of tetrazole rings is 1. The SMILES string of the molecule is CC1=C(N2CCC(C)(C3CCN(C[C@H](O)c4ccc(-n5cnnn5)cc4)CC3)C2=O)COC1=O. The van der Waals surface area contributed by atoms with Crippen molar-refractivity contribution in [1.82, 2.24) is 30.0 Å². The summed E-state index contributed by atoms with van der Waals surface area (Å²) < 4.78 is 6.69. The van der Waals surface area contributed by atoms with Crippen LogP contribution >= 0.6 is 0 Å². The molecule has 2 aromatic rings. The number of nitrogens with zero attached hydrogens (tertiary/aromatic N) is 6. The van der Waals surface area contributed by atoms with Gasteiger partial charge in [-0.1, -0.05) is 19.1 Å². The topological polar surface area (TPSA) is 114 Å². The molecule has 4 heterocycles. The fourth-order valence-electron chi connectivity index (χ4n) is 5.48. The fourth-order valence-corrected chi connectivity index (χ4v) is 5.48. The van der Waals surface area contributed by atoms with E-state index in [1.165, 1.54) is 6.33 Å². The number of likely N-dealkylation sites (tertiary alicyclic amines) is 2. The van der Waals surface area contributed by atoms with Gasteiger partial charge in [0.2, 0.25) is 5.91 Å². The second-order valence-electron chi connectivity index (χ2n) is 9.71. The highest BCUT2D eigenvalue weighted by molar-refractivity contribution is 5.94. The minimum Gasteiger partial charge on any atom is -0.456 e. The number of hydrogen-bond donors (Lipinski definition) is 1. The number of amides is 1. The van der Waals surface area contributed by atoms with Crippen LogP contribution in [0.4, 0.5) is 0 Å².